The second-order valence-electron chi connectivity index (χ2n) is 5.65. The number of carbonyl (C=O) groups excluding carboxylic acids is 1. The van der Waals surface area contributed by atoms with Gasteiger partial charge in [0.1, 0.15) is 11.6 Å². The van der Waals surface area contributed by atoms with Gasteiger partial charge in [0.15, 0.2) is 0 Å². The molecule has 7 heteroatoms. The van der Waals surface area contributed by atoms with Crippen LogP contribution in [-0.2, 0) is 17.8 Å². The van der Waals surface area contributed by atoms with Crippen molar-refractivity contribution in [2.45, 2.75) is 19.4 Å². The molecular weight excluding hydrogens is 337 g/mol. The maximum atomic E-state index is 13.1. The van der Waals surface area contributed by atoms with E-state index in [-0.39, 0.29) is 24.7 Å². The van der Waals surface area contributed by atoms with Gasteiger partial charge in [0, 0.05) is 12.0 Å². The van der Waals surface area contributed by atoms with Crippen molar-refractivity contribution < 1.29 is 18.4 Å². The minimum Gasteiger partial charge on any atom is -0.497 e. The molecule has 0 spiro atoms. The first-order valence-corrected chi connectivity index (χ1v) is 8.12. The standard InChI is InChI=1S/C19H18FN3O3/c1-25-16-8-6-14(7-9-16)19-22-18(26-23-19)12-21-17(24)10-5-13-3-2-4-15(20)11-13/h2-4,6-9,11H,5,10,12H2,1H3,(H,21,24). The molecule has 2 aromatic carbocycles. The van der Waals surface area contributed by atoms with E-state index in [1.54, 1.807) is 31.4 Å². The number of hydrogen-bond acceptors (Lipinski definition) is 5. The zero-order valence-electron chi connectivity index (χ0n) is 14.2. The third-order valence-corrected chi connectivity index (χ3v) is 3.78. The molecule has 0 aliphatic heterocycles. The zero-order chi connectivity index (χ0) is 18.4. The number of hydrogen-bond donors (Lipinski definition) is 1. The SMILES string of the molecule is COc1ccc(-c2noc(CNC(=O)CCc3cccc(F)c3)n2)cc1. The summed E-state index contributed by atoms with van der Waals surface area (Å²) in [5.74, 6) is 1.02. The normalized spacial score (nSPS) is 10.5. The first kappa shape index (κ1) is 17.6. The number of carbonyl (C=O) groups is 1. The molecule has 0 saturated carbocycles. The van der Waals surface area contributed by atoms with Crippen LogP contribution in [0.5, 0.6) is 5.75 Å². The molecule has 1 amide bonds. The summed E-state index contributed by atoms with van der Waals surface area (Å²) in [4.78, 5) is 16.2. The van der Waals surface area contributed by atoms with Crippen LogP contribution in [0, 0.1) is 5.82 Å². The number of aromatic nitrogens is 2. The third-order valence-electron chi connectivity index (χ3n) is 3.78. The Bertz CT molecular complexity index is 878. The fraction of sp³-hybridized carbons (Fsp3) is 0.211. The van der Waals surface area contributed by atoms with Crippen molar-refractivity contribution in [1.29, 1.82) is 0 Å². The maximum Gasteiger partial charge on any atom is 0.246 e. The second kappa shape index (κ2) is 8.24. The van der Waals surface area contributed by atoms with Crippen molar-refractivity contribution >= 4 is 5.91 Å². The molecule has 26 heavy (non-hydrogen) atoms. The molecule has 134 valence electrons. The largest absolute Gasteiger partial charge is 0.497 e. The Morgan fingerprint density at radius 3 is 2.77 bits per heavy atom. The Hall–Kier alpha value is -3.22. The van der Waals surface area contributed by atoms with E-state index < -0.39 is 0 Å². The third kappa shape index (κ3) is 4.66. The Morgan fingerprint density at radius 2 is 2.04 bits per heavy atom. The first-order chi connectivity index (χ1) is 12.6. The van der Waals surface area contributed by atoms with Gasteiger partial charge in [-0.1, -0.05) is 17.3 Å². The smallest absolute Gasteiger partial charge is 0.246 e. The minimum atomic E-state index is -0.306. The van der Waals surface area contributed by atoms with Crippen LogP contribution in [0.15, 0.2) is 53.1 Å². The Balaban J connectivity index is 1.50. The number of rotatable bonds is 7. The fourth-order valence-electron chi connectivity index (χ4n) is 2.40. The van der Waals surface area contributed by atoms with E-state index in [4.69, 9.17) is 9.26 Å². The van der Waals surface area contributed by atoms with Gasteiger partial charge in [0.05, 0.1) is 13.7 Å². The van der Waals surface area contributed by atoms with Gasteiger partial charge in [0.2, 0.25) is 17.6 Å². The number of nitrogens with one attached hydrogen (secondary N) is 1. The zero-order valence-corrected chi connectivity index (χ0v) is 14.2. The molecule has 0 aliphatic carbocycles. The van der Waals surface area contributed by atoms with Crippen LogP contribution in [0.4, 0.5) is 4.39 Å². The summed E-state index contributed by atoms with van der Waals surface area (Å²) in [6.45, 7) is 0.144. The van der Waals surface area contributed by atoms with E-state index in [0.717, 1.165) is 16.9 Å². The molecule has 3 aromatic rings. The highest BCUT2D eigenvalue weighted by molar-refractivity contribution is 5.76. The van der Waals surface area contributed by atoms with Crippen LogP contribution in [0.2, 0.25) is 0 Å². The quantitative estimate of drug-likeness (QED) is 0.704. The number of nitrogens with zero attached hydrogens (tertiary/aromatic N) is 2. The average molecular weight is 355 g/mol. The second-order valence-corrected chi connectivity index (χ2v) is 5.65. The van der Waals surface area contributed by atoms with Crippen molar-refractivity contribution in [3.63, 3.8) is 0 Å². The molecule has 6 nitrogen and oxygen atoms in total. The average Bonchev–Trinajstić information content (AvgIpc) is 3.14. The number of amides is 1. The van der Waals surface area contributed by atoms with E-state index in [0.29, 0.717) is 18.1 Å². The number of methoxy groups -OCH3 is 1. The molecule has 1 heterocycles. The summed E-state index contributed by atoms with van der Waals surface area (Å²) in [6, 6.07) is 13.5. The van der Waals surface area contributed by atoms with E-state index in [1.165, 1.54) is 12.1 Å². The lowest BCUT2D eigenvalue weighted by Crippen LogP contribution is -2.23. The van der Waals surface area contributed by atoms with Crippen molar-refractivity contribution in [2.24, 2.45) is 0 Å². The minimum absolute atomic E-state index is 0.144. The predicted octanol–water partition coefficient (Wildman–Crippen LogP) is 3.13. The topological polar surface area (TPSA) is 77.3 Å². The lowest BCUT2D eigenvalue weighted by molar-refractivity contribution is -0.121. The summed E-state index contributed by atoms with van der Waals surface area (Å²) in [5.41, 5.74) is 1.57. The van der Waals surface area contributed by atoms with Crippen molar-refractivity contribution in [3.8, 4) is 17.1 Å². The van der Waals surface area contributed by atoms with Crippen LogP contribution in [0.1, 0.15) is 17.9 Å². The highest BCUT2D eigenvalue weighted by atomic mass is 19.1. The number of ether oxygens (including phenoxy) is 1. The van der Waals surface area contributed by atoms with E-state index in [9.17, 15) is 9.18 Å². The molecule has 0 atom stereocenters. The van der Waals surface area contributed by atoms with Gasteiger partial charge in [0.25, 0.3) is 0 Å². The van der Waals surface area contributed by atoms with Gasteiger partial charge in [-0.05, 0) is 48.4 Å². The van der Waals surface area contributed by atoms with Crippen LogP contribution in [0.3, 0.4) is 0 Å². The lowest BCUT2D eigenvalue weighted by Gasteiger charge is -2.03. The highest BCUT2D eigenvalue weighted by Crippen LogP contribution is 2.19. The van der Waals surface area contributed by atoms with E-state index >= 15 is 0 Å². The van der Waals surface area contributed by atoms with Crippen molar-refractivity contribution in [2.75, 3.05) is 7.11 Å². The van der Waals surface area contributed by atoms with Crippen LogP contribution < -0.4 is 10.1 Å². The molecule has 0 unspecified atom stereocenters. The van der Waals surface area contributed by atoms with Gasteiger partial charge in [-0.25, -0.2) is 4.39 Å². The van der Waals surface area contributed by atoms with Gasteiger partial charge in [-0.2, -0.15) is 4.98 Å². The molecule has 3 rings (SSSR count). The summed E-state index contributed by atoms with van der Waals surface area (Å²) in [5, 5.41) is 6.62. The van der Waals surface area contributed by atoms with Gasteiger partial charge >= 0.3 is 0 Å². The lowest BCUT2D eigenvalue weighted by atomic mass is 10.1. The first-order valence-electron chi connectivity index (χ1n) is 8.12. The van der Waals surface area contributed by atoms with Gasteiger partial charge < -0.3 is 14.6 Å². The molecule has 0 bridgehead atoms. The van der Waals surface area contributed by atoms with Crippen LogP contribution in [0.25, 0.3) is 11.4 Å². The van der Waals surface area contributed by atoms with Crippen molar-refractivity contribution in [1.82, 2.24) is 15.5 Å². The Morgan fingerprint density at radius 1 is 1.23 bits per heavy atom. The summed E-state index contributed by atoms with van der Waals surface area (Å²) in [7, 11) is 1.60. The molecular formula is C19H18FN3O3. The van der Waals surface area contributed by atoms with Crippen molar-refractivity contribution in [3.05, 3.63) is 65.8 Å². The molecule has 0 saturated heterocycles. The summed E-state index contributed by atoms with van der Waals surface area (Å²) in [6.07, 6.45) is 0.716. The number of benzene rings is 2. The molecule has 1 N–H and O–H groups in total. The van der Waals surface area contributed by atoms with E-state index in [1.807, 2.05) is 12.1 Å². The predicted molar refractivity (Wildman–Crippen MR) is 92.9 cm³/mol. The molecule has 0 aliphatic rings. The van der Waals surface area contributed by atoms with Crippen LogP contribution in [-0.4, -0.2) is 23.2 Å². The molecule has 1 aromatic heterocycles. The monoisotopic (exact) mass is 355 g/mol. The molecule has 0 radical (unpaired) electrons. The van der Waals surface area contributed by atoms with E-state index in [2.05, 4.69) is 15.5 Å². The fourth-order valence-corrected chi connectivity index (χ4v) is 2.40. The maximum absolute atomic E-state index is 13.1. The van der Waals surface area contributed by atoms with Crippen LogP contribution >= 0.6 is 0 Å². The van der Waals surface area contributed by atoms with Gasteiger partial charge in [-0.3, -0.25) is 4.79 Å². The number of halogens is 1. The number of aryl methyl sites for hydroxylation is 1. The molecule has 0 fully saturated rings. The summed E-state index contributed by atoms with van der Waals surface area (Å²) >= 11 is 0. The Labute approximate surface area is 150 Å². The summed E-state index contributed by atoms with van der Waals surface area (Å²) < 4.78 is 23.4. The Kier molecular flexibility index (Phi) is 5.58. The van der Waals surface area contributed by atoms with Gasteiger partial charge in [-0.15, -0.1) is 0 Å². The highest BCUT2D eigenvalue weighted by Gasteiger charge is 2.10.